The number of hydrogen-bond acceptors (Lipinski definition) is 2. The van der Waals surface area contributed by atoms with Gasteiger partial charge in [-0.15, -0.1) is 0 Å². The number of aromatic amines is 1. The second-order valence-corrected chi connectivity index (χ2v) is 7.94. The maximum atomic E-state index is 11.0. The van der Waals surface area contributed by atoms with E-state index in [1.54, 1.807) is 0 Å². The fraction of sp³-hybridized carbons (Fsp3) is 0.526. The maximum absolute atomic E-state index is 11.0. The topological polar surface area (TPSA) is 45.2 Å². The van der Waals surface area contributed by atoms with Crippen LogP contribution in [0.2, 0.25) is 0 Å². The smallest absolute Gasteiger partial charge is 0.235 e. The number of fused-ring (bicyclic) bond motifs is 1. The van der Waals surface area contributed by atoms with Gasteiger partial charge >= 0.3 is 0 Å². The molecule has 0 radical (unpaired) electrons. The average molecular weight is 292 g/mol. The first kappa shape index (κ1) is 12.7. The van der Waals surface area contributed by atoms with E-state index in [-0.39, 0.29) is 11.0 Å². The lowest BCUT2D eigenvalue weighted by atomic mass is 9.46. The van der Waals surface area contributed by atoms with E-state index in [4.69, 9.17) is 0 Å². The first-order valence-electron chi connectivity index (χ1n) is 8.38. The second kappa shape index (κ2) is 4.11. The summed E-state index contributed by atoms with van der Waals surface area (Å²) in [6.07, 6.45) is 8.95. The Balaban J connectivity index is 1.65. The van der Waals surface area contributed by atoms with E-state index in [1.807, 2.05) is 6.08 Å². The SMILES string of the molecule is O=C=NC12CC3CC(C1)CC(c1cc4ccccc4[nH]1)(C3)C2. The Labute approximate surface area is 129 Å². The van der Waals surface area contributed by atoms with Gasteiger partial charge in [0.05, 0.1) is 5.54 Å². The predicted molar refractivity (Wildman–Crippen MR) is 85.5 cm³/mol. The van der Waals surface area contributed by atoms with Crippen LogP contribution in [-0.2, 0) is 10.2 Å². The average Bonchev–Trinajstić information content (AvgIpc) is 2.90. The number of benzene rings is 1. The van der Waals surface area contributed by atoms with E-state index < -0.39 is 0 Å². The van der Waals surface area contributed by atoms with Crippen molar-refractivity contribution in [1.82, 2.24) is 4.98 Å². The standard InChI is InChI=1S/C19H20N2O/c22-12-20-19-9-13-5-14(10-19)8-18(7-13,11-19)17-6-15-3-1-2-4-16(15)21-17/h1-4,6,13-14,21H,5,7-11H2. The summed E-state index contributed by atoms with van der Waals surface area (Å²) in [5.74, 6) is 1.45. The normalized spacial score (nSPS) is 39.1. The molecule has 6 rings (SSSR count). The first-order valence-corrected chi connectivity index (χ1v) is 8.38. The highest BCUT2D eigenvalue weighted by Crippen LogP contribution is 2.63. The molecule has 0 amide bonds. The maximum Gasteiger partial charge on any atom is 0.235 e. The zero-order valence-electron chi connectivity index (χ0n) is 12.6. The van der Waals surface area contributed by atoms with Gasteiger partial charge in [-0.05, 0) is 67.9 Å². The van der Waals surface area contributed by atoms with E-state index >= 15 is 0 Å². The summed E-state index contributed by atoms with van der Waals surface area (Å²) in [6.45, 7) is 0. The molecule has 1 aromatic heterocycles. The quantitative estimate of drug-likeness (QED) is 0.657. The van der Waals surface area contributed by atoms with Crippen molar-refractivity contribution < 1.29 is 4.79 Å². The molecule has 1 aromatic carbocycles. The zero-order chi connectivity index (χ0) is 14.8. The van der Waals surface area contributed by atoms with E-state index in [0.717, 1.165) is 31.1 Å². The van der Waals surface area contributed by atoms with Gasteiger partial charge in [-0.25, -0.2) is 4.79 Å². The van der Waals surface area contributed by atoms with Crippen molar-refractivity contribution in [3.05, 3.63) is 36.0 Å². The van der Waals surface area contributed by atoms with Gasteiger partial charge < -0.3 is 4.98 Å². The molecular weight excluding hydrogens is 272 g/mol. The summed E-state index contributed by atoms with van der Waals surface area (Å²) in [7, 11) is 0. The lowest BCUT2D eigenvalue weighted by molar-refractivity contribution is -0.0230. The molecule has 2 atom stereocenters. The van der Waals surface area contributed by atoms with Crippen LogP contribution in [0.5, 0.6) is 0 Å². The third kappa shape index (κ3) is 1.63. The van der Waals surface area contributed by atoms with Crippen molar-refractivity contribution >= 4 is 17.0 Å². The summed E-state index contributed by atoms with van der Waals surface area (Å²) >= 11 is 0. The van der Waals surface area contributed by atoms with Crippen LogP contribution < -0.4 is 0 Å². The van der Waals surface area contributed by atoms with Gasteiger partial charge in [0, 0.05) is 16.6 Å². The van der Waals surface area contributed by atoms with Gasteiger partial charge in [0.1, 0.15) is 0 Å². The molecule has 3 heteroatoms. The number of para-hydroxylation sites is 1. The number of carbonyl (C=O) groups excluding carboxylic acids is 1. The number of nitrogens with one attached hydrogen (secondary N) is 1. The predicted octanol–water partition coefficient (Wildman–Crippen LogP) is 4.09. The van der Waals surface area contributed by atoms with Crippen LogP contribution in [0.15, 0.2) is 35.3 Å². The zero-order valence-corrected chi connectivity index (χ0v) is 12.6. The molecule has 112 valence electrons. The summed E-state index contributed by atoms with van der Waals surface area (Å²) < 4.78 is 0. The molecule has 4 fully saturated rings. The largest absolute Gasteiger partial charge is 0.358 e. The van der Waals surface area contributed by atoms with E-state index in [2.05, 4.69) is 40.3 Å². The van der Waals surface area contributed by atoms with Gasteiger partial charge in [-0.2, -0.15) is 4.99 Å². The van der Waals surface area contributed by atoms with Crippen LogP contribution in [0.25, 0.3) is 10.9 Å². The molecule has 0 saturated heterocycles. The van der Waals surface area contributed by atoms with Crippen molar-refractivity contribution in [3.8, 4) is 0 Å². The Morgan fingerprint density at radius 1 is 1.14 bits per heavy atom. The van der Waals surface area contributed by atoms with E-state index in [9.17, 15) is 4.79 Å². The molecule has 0 aliphatic heterocycles. The molecule has 0 spiro atoms. The minimum atomic E-state index is -0.122. The number of isocyanates is 1. The Bertz CT molecular complexity index is 752. The molecule has 4 bridgehead atoms. The van der Waals surface area contributed by atoms with Crippen LogP contribution in [-0.4, -0.2) is 16.6 Å². The van der Waals surface area contributed by atoms with Crippen molar-refractivity contribution in [2.75, 3.05) is 0 Å². The van der Waals surface area contributed by atoms with Crippen LogP contribution >= 0.6 is 0 Å². The Morgan fingerprint density at radius 3 is 2.64 bits per heavy atom. The molecule has 2 unspecified atom stereocenters. The molecule has 22 heavy (non-hydrogen) atoms. The minimum Gasteiger partial charge on any atom is -0.358 e. The van der Waals surface area contributed by atoms with Crippen molar-refractivity contribution in [1.29, 1.82) is 0 Å². The molecule has 1 heterocycles. The van der Waals surface area contributed by atoms with Gasteiger partial charge in [-0.1, -0.05) is 18.2 Å². The third-order valence-corrected chi connectivity index (χ3v) is 6.41. The monoisotopic (exact) mass is 292 g/mol. The highest BCUT2D eigenvalue weighted by molar-refractivity contribution is 5.80. The molecule has 4 aliphatic rings. The minimum absolute atomic E-state index is 0.122. The number of rotatable bonds is 2. The fourth-order valence-corrected chi connectivity index (χ4v) is 6.12. The molecule has 3 nitrogen and oxygen atoms in total. The number of aliphatic imine (C=N–C) groups is 1. The third-order valence-electron chi connectivity index (χ3n) is 6.41. The van der Waals surface area contributed by atoms with Crippen molar-refractivity contribution in [3.63, 3.8) is 0 Å². The highest BCUT2D eigenvalue weighted by Gasteiger charge is 2.59. The van der Waals surface area contributed by atoms with E-state index in [0.29, 0.717) is 0 Å². The van der Waals surface area contributed by atoms with Gasteiger partial charge in [0.15, 0.2) is 0 Å². The van der Waals surface area contributed by atoms with Crippen LogP contribution in [0.1, 0.15) is 44.2 Å². The van der Waals surface area contributed by atoms with Crippen LogP contribution in [0.4, 0.5) is 0 Å². The molecule has 1 N–H and O–H groups in total. The Kier molecular flexibility index (Phi) is 2.37. The summed E-state index contributed by atoms with van der Waals surface area (Å²) in [5, 5.41) is 1.29. The molecule has 2 aromatic rings. The number of nitrogens with zero attached hydrogens (tertiary/aromatic N) is 1. The van der Waals surface area contributed by atoms with Gasteiger partial charge in [0.25, 0.3) is 0 Å². The number of H-pyrrole nitrogens is 1. The molecule has 4 saturated carbocycles. The lowest BCUT2D eigenvalue weighted by Crippen LogP contribution is -2.56. The van der Waals surface area contributed by atoms with Crippen molar-refractivity contribution in [2.24, 2.45) is 16.8 Å². The summed E-state index contributed by atoms with van der Waals surface area (Å²) in [5.41, 5.74) is 2.67. The van der Waals surface area contributed by atoms with Crippen LogP contribution in [0, 0.1) is 11.8 Å². The van der Waals surface area contributed by atoms with Gasteiger partial charge in [-0.3, -0.25) is 0 Å². The van der Waals surface area contributed by atoms with Crippen molar-refractivity contribution in [2.45, 2.75) is 49.5 Å². The summed E-state index contributed by atoms with van der Waals surface area (Å²) in [4.78, 5) is 19.0. The fourth-order valence-electron chi connectivity index (χ4n) is 6.12. The van der Waals surface area contributed by atoms with Crippen LogP contribution in [0.3, 0.4) is 0 Å². The number of hydrogen-bond donors (Lipinski definition) is 1. The molecule has 4 aliphatic carbocycles. The number of aromatic nitrogens is 1. The Morgan fingerprint density at radius 2 is 1.91 bits per heavy atom. The first-order chi connectivity index (χ1) is 10.7. The summed E-state index contributed by atoms with van der Waals surface area (Å²) in [6, 6.07) is 10.8. The second-order valence-electron chi connectivity index (χ2n) is 7.94. The molecular formula is C19H20N2O. The lowest BCUT2D eigenvalue weighted by Gasteiger charge is -2.60. The van der Waals surface area contributed by atoms with Gasteiger partial charge in [0.2, 0.25) is 6.08 Å². The Hall–Kier alpha value is -1.86. The van der Waals surface area contributed by atoms with E-state index in [1.165, 1.54) is 35.9 Å². The highest BCUT2D eigenvalue weighted by atomic mass is 16.1.